The quantitative estimate of drug-likeness (QED) is 0.637. The number of urea groups is 1. The van der Waals surface area contributed by atoms with Crippen LogP contribution in [0, 0.1) is 0 Å². The minimum Gasteiger partial charge on any atom is -0.465 e. The van der Waals surface area contributed by atoms with E-state index in [2.05, 4.69) is 10.1 Å². The summed E-state index contributed by atoms with van der Waals surface area (Å²) in [6.07, 6.45) is 0.116. The summed E-state index contributed by atoms with van der Waals surface area (Å²) in [4.78, 5) is 48.5. The molecule has 0 bridgehead atoms. The third kappa shape index (κ3) is 5.45. The molecular weight excluding hydrogens is 426 g/mol. The summed E-state index contributed by atoms with van der Waals surface area (Å²) in [7, 11) is -2.79. The molecule has 0 saturated carbocycles. The van der Waals surface area contributed by atoms with Crippen LogP contribution in [0.15, 0.2) is 48.5 Å². The van der Waals surface area contributed by atoms with Crippen molar-refractivity contribution in [1.82, 2.24) is 10.0 Å². The second kappa shape index (κ2) is 8.96. The first-order chi connectivity index (χ1) is 14.7. The molecule has 2 aromatic carbocycles. The third-order valence-corrected chi connectivity index (χ3v) is 5.66. The summed E-state index contributed by atoms with van der Waals surface area (Å²) < 4.78 is 31.4. The molecular formula is C20H19N3O7S. The van der Waals surface area contributed by atoms with E-state index in [4.69, 9.17) is 0 Å². The zero-order valence-electron chi connectivity index (χ0n) is 16.5. The van der Waals surface area contributed by atoms with Crippen LogP contribution < -0.4 is 14.9 Å². The molecule has 31 heavy (non-hydrogen) atoms. The van der Waals surface area contributed by atoms with Crippen molar-refractivity contribution in [3.63, 3.8) is 0 Å². The van der Waals surface area contributed by atoms with Gasteiger partial charge in [-0.05, 0) is 35.9 Å². The highest BCUT2D eigenvalue weighted by molar-refractivity contribution is 7.89. The van der Waals surface area contributed by atoms with Gasteiger partial charge < -0.3 is 4.74 Å². The molecule has 0 spiro atoms. The molecule has 2 aromatic rings. The first kappa shape index (κ1) is 22.0. The molecule has 0 radical (unpaired) electrons. The number of sulfonamides is 1. The number of nitrogens with zero attached hydrogens (tertiary/aromatic N) is 1. The summed E-state index contributed by atoms with van der Waals surface area (Å²) in [5, 5.41) is 2.18. The molecule has 0 aromatic heterocycles. The molecule has 10 nitrogen and oxygen atoms in total. The number of methoxy groups -OCH3 is 1. The number of amides is 4. The molecule has 162 valence electrons. The average molecular weight is 445 g/mol. The SMILES string of the molecule is COC(=O)c1ccc(CS(=O)(=O)NC(=O)c2cccc(N3CCC(=O)NC3=O)c2)cc1. The summed E-state index contributed by atoms with van der Waals surface area (Å²) in [5.41, 5.74) is 1.03. The Morgan fingerprint density at radius 3 is 2.45 bits per heavy atom. The van der Waals surface area contributed by atoms with Gasteiger partial charge in [0.25, 0.3) is 5.91 Å². The number of anilines is 1. The van der Waals surface area contributed by atoms with E-state index in [0.29, 0.717) is 11.3 Å². The molecule has 11 heteroatoms. The van der Waals surface area contributed by atoms with Crippen LogP contribution in [-0.2, 0) is 25.3 Å². The summed E-state index contributed by atoms with van der Waals surface area (Å²) in [6.45, 7) is 0.148. The minimum absolute atomic E-state index is 0.0341. The predicted molar refractivity (Wildman–Crippen MR) is 110 cm³/mol. The first-order valence-corrected chi connectivity index (χ1v) is 10.8. The Bertz CT molecular complexity index is 1140. The summed E-state index contributed by atoms with van der Waals surface area (Å²) in [6, 6.07) is 11.0. The fraction of sp³-hybridized carbons (Fsp3) is 0.200. The van der Waals surface area contributed by atoms with Gasteiger partial charge in [0, 0.05) is 24.2 Å². The smallest absolute Gasteiger partial charge is 0.337 e. The Hall–Kier alpha value is -3.73. The van der Waals surface area contributed by atoms with Crippen LogP contribution in [0.3, 0.4) is 0 Å². The second-order valence-corrected chi connectivity index (χ2v) is 8.41. The van der Waals surface area contributed by atoms with E-state index < -0.39 is 33.7 Å². The van der Waals surface area contributed by atoms with Crippen LogP contribution in [0.5, 0.6) is 0 Å². The number of hydrogen-bond acceptors (Lipinski definition) is 7. The van der Waals surface area contributed by atoms with Crippen molar-refractivity contribution >= 4 is 39.5 Å². The van der Waals surface area contributed by atoms with Crippen molar-refractivity contribution < 1.29 is 32.3 Å². The number of rotatable bonds is 6. The number of esters is 1. The summed E-state index contributed by atoms with van der Waals surface area (Å²) in [5.74, 6) is -2.27. The van der Waals surface area contributed by atoms with Crippen molar-refractivity contribution in [3.8, 4) is 0 Å². The predicted octanol–water partition coefficient (Wildman–Crippen LogP) is 1.18. The van der Waals surface area contributed by atoms with Crippen molar-refractivity contribution in [3.05, 3.63) is 65.2 Å². The van der Waals surface area contributed by atoms with Crippen molar-refractivity contribution in [2.24, 2.45) is 0 Å². The average Bonchev–Trinajstić information content (AvgIpc) is 2.73. The highest BCUT2D eigenvalue weighted by Crippen LogP contribution is 2.19. The number of carbonyl (C=O) groups excluding carboxylic acids is 4. The Balaban J connectivity index is 1.69. The fourth-order valence-corrected chi connectivity index (χ4v) is 4.04. The number of carbonyl (C=O) groups is 4. The lowest BCUT2D eigenvalue weighted by Gasteiger charge is -2.26. The number of hydrogen-bond donors (Lipinski definition) is 2. The normalized spacial score (nSPS) is 14.0. The molecule has 1 aliphatic heterocycles. The topological polar surface area (TPSA) is 139 Å². The molecule has 0 aliphatic carbocycles. The van der Waals surface area contributed by atoms with E-state index in [0.717, 1.165) is 0 Å². The minimum atomic E-state index is -4.03. The lowest BCUT2D eigenvalue weighted by molar-refractivity contribution is -0.120. The van der Waals surface area contributed by atoms with Gasteiger partial charge in [0.1, 0.15) is 0 Å². The maximum absolute atomic E-state index is 12.5. The van der Waals surface area contributed by atoms with Crippen molar-refractivity contribution in [1.29, 1.82) is 0 Å². The largest absolute Gasteiger partial charge is 0.465 e. The van der Waals surface area contributed by atoms with Gasteiger partial charge >= 0.3 is 12.0 Å². The Morgan fingerprint density at radius 1 is 1.10 bits per heavy atom. The first-order valence-electron chi connectivity index (χ1n) is 9.12. The van der Waals surface area contributed by atoms with E-state index in [9.17, 15) is 27.6 Å². The fourth-order valence-electron chi connectivity index (χ4n) is 2.94. The van der Waals surface area contributed by atoms with Crippen LogP contribution >= 0.6 is 0 Å². The maximum atomic E-state index is 12.5. The van der Waals surface area contributed by atoms with Crippen LogP contribution in [-0.4, -0.2) is 45.9 Å². The van der Waals surface area contributed by atoms with Gasteiger partial charge in [-0.1, -0.05) is 18.2 Å². The van der Waals surface area contributed by atoms with Crippen LogP contribution in [0.2, 0.25) is 0 Å². The monoisotopic (exact) mass is 445 g/mol. The molecule has 1 heterocycles. The van der Waals surface area contributed by atoms with Crippen molar-refractivity contribution in [2.75, 3.05) is 18.6 Å². The standard InChI is InChI=1S/C20H19N3O7S/c1-30-19(26)14-7-5-13(6-8-14)12-31(28,29)22-18(25)15-3-2-4-16(11-15)23-10-9-17(24)21-20(23)27/h2-8,11H,9-10,12H2,1H3,(H,22,25)(H,21,24,27). The molecule has 0 unspecified atom stereocenters. The lowest BCUT2D eigenvalue weighted by atomic mass is 10.1. The van der Waals surface area contributed by atoms with Crippen LogP contribution in [0.25, 0.3) is 0 Å². The van der Waals surface area contributed by atoms with Gasteiger partial charge in [0.15, 0.2) is 0 Å². The molecule has 2 N–H and O–H groups in total. The zero-order valence-corrected chi connectivity index (χ0v) is 17.3. The van der Waals surface area contributed by atoms with Gasteiger partial charge in [-0.15, -0.1) is 0 Å². The Labute approximate surface area is 178 Å². The highest BCUT2D eigenvalue weighted by atomic mass is 32.2. The molecule has 0 atom stereocenters. The third-order valence-electron chi connectivity index (χ3n) is 4.45. The number of nitrogens with one attached hydrogen (secondary N) is 2. The van der Waals surface area contributed by atoms with E-state index in [-0.39, 0.29) is 30.0 Å². The van der Waals surface area contributed by atoms with Gasteiger partial charge in [0.2, 0.25) is 15.9 Å². The van der Waals surface area contributed by atoms with Gasteiger partial charge in [0.05, 0.1) is 18.4 Å². The van der Waals surface area contributed by atoms with Crippen molar-refractivity contribution in [2.45, 2.75) is 12.2 Å². The summed E-state index contributed by atoms with van der Waals surface area (Å²) >= 11 is 0. The molecule has 3 rings (SSSR count). The number of ether oxygens (including phenoxy) is 1. The van der Waals surface area contributed by atoms with Crippen LogP contribution in [0.4, 0.5) is 10.5 Å². The molecule has 1 fully saturated rings. The van der Waals surface area contributed by atoms with Gasteiger partial charge in [-0.2, -0.15) is 0 Å². The van der Waals surface area contributed by atoms with Crippen LogP contribution in [0.1, 0.15) is 32.7 Å². The van der Waals surface area contributed by atoms with E-state index in [1.165, 1.54) is 54.5 Å². The Morgan fingerprint density at radius 2 is 1.81 bits per heavy atom. The van der Waals surface area contributed by atoms with Gasteiger partial charge in [-0.25, -0.2) is 22.7 Å². The molecule has 1 saturated heterocycles. The Kier molecular flexibility index (Phi) is 6.35. The van der Waals surface area contributed by atoms with Gasteiger partial charge in [-0.3, -0.25) is 19.8 Å². The molecule has 1 aliphatic rings. The van der Waals surface area contributed by atoms with E-state index in [1.807, 2.05) is 4.72 Å². The zero-order chi connectivity index (χ0) is 22.6. The maximum Gasteiger partial charge on any atom is 0.337 e. The van der Waals surface area contributed by atoms with E-state index >= 15 is 0 Å². The number of imide groups is 1. The lowest BCUT2D eigenvalue weighted by Crippen LogP contribution is -2.49. The number of benzene rings is 2. The second-order valence-electron chi connectivity index (χ2n) is 6.68. The molecule has 4 amide bonds. The highest BCUT2D eigenvalue weighted by Gasteiger charge is 2.25. The van der Waals surface area contributed by atoms with E-state index in [1.54, 1.807) is 6.07 Å².